The standard InChI is InChI=1S/C22H21BrN6O2S/c1-16-3-2-4-17(15-16)20-9-10-24-21-25-22(26-29(20)21)27-11-13-28(14-12-27)32(30,31)19-7-5-18(23)6-8-19/h2-10,15H,11-14H2,1H3. The van der Waals surface area contributed by atoms with Gasteiger partial charge in [0, 0.05) is 42.4 Å². The highest BCUT2D eigenvalue weighted by Crippen LogP contribution is 2.24. The first kappa shape index (κ1) is 21.0. The largest absolute Gasteiger partial charge is 0.337 e. The van der Waals surface area contributed by atoms with Crippen LogP contribution in [0.5, 0.6) is 0 Å². The molecule has 0 bridgehead atoms. The van der Waals surface area contributed by atoms with Crippen LogP contribution in [0.1, 0.15) is 5.56 Å². The Labute approximate surface area is 194 Å². The van der Waals surface area contributed by atoms with Gasteiger partial charge in [-0.25, -0.2) is 13.4 Å². The van der Waals surface area contributed by atoms with Crippen LogP contribution in [-0.2, 0) is 10.0 Å². The van der Waals surface area contributed by atoms with Crippen LogP contribution in [0.15, 0.2) is 70.2 Å². The van der Waals surface area contributed by atoms with Gasteiger partial charge in [0.15, 0.2) is 0 Å². The molecule has 1 aliphatic rings. The van der Waals surface area contributed by atoms with E-state index in [1.165, 1.54) is 4.31 Å². The van der Waals surface area contributed by atoms with E-state index in [0.717, 1.165) is 21.3 Å². The fraction of sp³-hybridized carbons (Fsp3) is 0.227. The molecular formula is C22H21BrN6O2S. The number of rotatable bonds is 4. The fourth-order valence-electron chi connectivity index (χ4n) is 3.82. The molecule has 1 aliphatic heterocycles. The lowest BCUT2D eigenvalue weighted by atomic mass is 10.1. The zero-order valence-corrected chi connectivity index (χ0v) is 19.8. The molecule has 3 heterocycles. The highest BCUT2D eigenvalue weighted by molar-refractivity contribution is 9.10. The number of sulfonamides is 1. The number of aryl methyl sites for hydroxylation is 1. The van der Waals surface area contributed by atoms with E-state index in [-0.39, 0.29) is 0 Å². The number of hydrogen-bond acceptors (Lipinski definition) is 6. The average Bonchev–Trinajstić information content (AvgIpc) is 3.24. The Morgan fingerprint density at radius 3 is 2.44 bits per heavy atom. The Balaban J connectivity index is 1.37. The molecule has 0 atom stereocenters. The first-order chi connectivity index (χ1) is 15.4. The second-order valence-electron chi connectivity index (χ2n) is 7.67. The van der Waals surface area contributed by atoms with Gasteiger partial charge >= 0.3 is 0 Å². The quantitative estimate of drug-likeness (QED) is 0.416. The Hall–Kier alpha value is -2.82. The van der Waals surface area contributed by atoms with Gasteiger partial charge in [0.1, 0.15) is 0 Å². The molecule has 5 rings (SSSR count). The summed E-state index contributed by atoms with van der Waals surface area (Å²) < 4.78 is 30.0. The van der Waals surface area contributed by atoms with Crippen molar-refractivity contribution in [3.63, 3.8) is 0 Å². The van der Waals surface area contributed by atoms with Crippen molar-refractivity contribution in [1.29, 1.82) is 0 Å². The number of hydrogen-bond donors (Lipinski definition) is 0. The van der Waals surface area contributed by atoms with Crippen LogP contribution >= 0.6 is 15.9 Å². The van der Waals surface area contributed by atoms with Gasteiger partial charge < -0.3 is 4.90 Å². The van der Waals surface area contributed by atoms with Crippen LogP contribution in [0.3, 0.4) is 0 Å². The van der Waals surface area contributed by atoms with Crippen molar-refractivity contribution in [1.82, 2.24) is 23.9 Å². The summed E-state index contributed by atoms with van der Waals surface area (Å²) in [4.78, 5) is 11.3. The summed E-state index contributed by atoms with van der Waals surface area (Å²) in [5.41, 5.74) is 3.11. The first-order valence-electron chi connectivity index (χ1n) is 10.2. The maximum Gasteiger partial charge on any atom is 0.254 e. The lowest BCUT2D eigenvalue weighted by Gasteiger charge is -2.33. The van der Waals surface area contributed by atoms with Crippen LogP contribution in [0.25, 0.3) is 17.0 Å². The third-order valence-corrected chi connectivity index (χ3v) is 7.96. The number of halogens is 1. The van der Waals surface area contributed by atoms with Gasteiger partial charge in [-0.05, 0) is 43.3 Å². The van der Waals surface area contributed by atoms with Crippen molar-refractivity contribution >= 4 is 37.7 Å². The molecule has 8 nitrogen and oxygen atoms in total. The predicted octanol–water partition coefficient (Wildman–Crippen LogP) is 3.37. The predicted molar refractivity (Wildman–Crippen MR) is 126 cm³/mol. The molecule has 0 N–H and O–H groups in total. The Morgan fingerprint density at radius 2 is 1.72 bits per heavy atom. The number of piperazine rings is 1. The third kappa shape index (κ3) is 3.89. The van der Waals surface area contributed by atoms with E-state index >= 15 is 0 Å². The topological polar surface area (TPSA) is 83.7 Å². The first-order valence-corrected chi connectivity index (χ1v) is 12.4. The SMILES string of the molecule is Cc1cccc(-c2ccnc3nc(N4CCN(S(=O)(=O)c5ccc(Br)cc5)CC4)nn23)c1. The summed E-state index contributed by atoms with van der Waals surface area (Å²) in [6.45, 7) is 3.80. The van der Waals surface area contributed by atoms with Crippen LogP contribution in [0.2, 0.25) is 0 Å². The lowest BCUT2D eigenvalue weighted by Crippen LogP contribution is -2.49. The minimum Gasteiger partial charge on any atom is -0.337 e. The molecule has 1 saturated heterocycles. The molecule has 1 fully saturated rings. The molecule has 2 aromatic carbocycles. The molecule has 0 aliphatic carbocycles. The number of nitrogens with zero attached hydrogens (tertiary/aromatic N) is 6. The summed E-state index contributed by atoms with van der Waals surface area (Å²) in [6, 6.07) is 16.8. The maximum absolute atomic E-state index is 13.0. The molecule has 164 valence electrons. The van der Waals surface area contributed by atoms with Gasteiger partial charge in [-0.3, -0.25) is 0 Å². The highest BCUT2D eigenvalue weighted by atomic mass is 79.9. The van der Waals surface area contributed by atoms with E-state index < -0.39 is 10.0 Å². The second-order valence-corrected chi connectivity index (χ2v) is 10.5. The zero-order valence-electron chi connectivity index (χ0n) is 17.4. The van der Waals surface area contributed by atoms with Crippen molar-refractivity contribution in [2.24, 2.45) is 0 Å². The fourth-order valence-corrected chi connectivity index (χ4v) is 5.51. The van der Waals surface area contributed by atoms with E-state index in [9.17, 15) is 8.42 Å². The zero-order chi connectivity index (χ0) is 22.3. The van der Waals surface area contributed by atoms with Crippen molar-refractivity contribution in [2.75, 3.05) is 31.1 Å². The number of anilines is 1. The minimum atomic E-state index is -3.53. The van der Waals surface area contributed by atoms with Gasteiger partial charge in [0.05, 0.1) is 10.6 Å². The average molecular weight is 513 g/mol. The molecule has 0 unspecified atom stereocenters. The van der Waals surface area contributed by atoms with E-state index in [2.05, 4.69) is 45.0 Å². The number of aromatic nitrogens is 4. The Bertz CT molecular complexity index is 1380. The molecule has 0 radical (unpaired) electrons. The van der Waals surface area contributed by atoms with E-state index in [1.807, 2.05) is 23.1 Å². The molecule has 0 amide bonds. The maximum atomic E-state index is 13.0. The smallest absolute Gasteiger partial charge is 0.254 e. The van der Waals surface area contributed by atoms with Crippen LogP contribution in [0.4, 0.5) is 5.95 Å². The van der Waals surface area contributed by atoms with Crippen molar-refractivity contribution in [3.8, 4) is 11.3 Å². The highest BCUT2D eigenvalue weighted by Gasteiger charge is 2.30. The van der Waals surface area contributed by atoms with Crippen molar-refractivity contribution in [2.45, 2.75) is 11.8 Å². The third-order valence-electron chi connectivity index (χ3n) is 5.52. The molecule has 2 aromatic heterocycles. The van der Waals surface area contributed by atoms with E-state index in [4.69, 9.17) is 5.10 Å². The molecule has 4 aromatic rings. The van der Waals surface area contributed by atoms with Crippen LogP contribution < -0.4 is 4.90 Å². The van der Waals surface area contributed by atoms with Gasteiger partial charge in [0.25, 0.3) is 5.78 Å². The summed E-state index contributed by atoms with van der Waals surface area (Å²) in [7, 11) is -3.53. The van der Waals surface area contributed by atoms with E-state index in [1.54, 1.807) is 35.0 Å². The van der Waals surface area contributed by atoms with Crippen molar-refractivity contribution in [3.05, 3.63) is 70.8 Å². The van der Waals surface area contributed by atoms with Crippen molar-refractivity contribution < 1.29 is 8.42 Å². The van der Waals surface area contributed by atoms with Gasteiger partial charge in [-0.1, -0.05) is 39.7 Å². The van der Waals surface area contributed by atoms with Gasteiger partial charge in [0.2, 0.25) is 16.0 Å². The molecule has 32 heavy (non-hydrogen) atoms. The number of fused-ring (bicyclic) bond motifs is 1. The minimum absolute atomic E-state index is 0.298. The molecular weight excluding hydrogens is 492 g/mol. The lowest BCUT2D eigenvalue weighted by molar-refractivity contribution is 0.382. The Kier molecular flexibility index (Phi) is 5.44. The van der Waals surface area contributed by atoms with Crippen LogP contribution in [0, 0.1) is 6.92 Å². The van der Waals surface area contributed by atoms with Gasteiger partial charge in [-0.15, -0.1) is 5.10 Å². The summed E-state index contributed by atoms with van der Waals surface area (Å²) in [6.07, 6.45) is 1.73. The normalized spacial score (nSPS) is 15.4. The second kappa shape index (κ2) is 8.27. The molecule has 0 saturated carbocycles. The van der Waals surface area contributed by atoms with E-state index in [0.29, 0.717) is 42.8 Å². The Morgan fingerprint density at radius 1 is 0.969 bits per heavy atom. The number of benzene rings is 2. The molecule has 10 heteroatoms. The summed E-state index contributed by atoms with van der Waals surface area (Å²) >= 11 is 3.34. The summed E-state index contributed by atoms with van der Waals surface area (Å²) in [5, 5.41) is 4.69. The van der Waals surface area contributed by atoms with Crippen LogP contribution in [-0.4, -0.2) is 58.5 Å². The summed E-state index contributed by atoms with van der Waals surface area (Å²) in [5.74, 6) is 1.07. The monoisotopic (exact) mass is 512 g/mol. The molecule has 0 spiro atoms. The van der Waals surface area contributed by atoms with Gasteiger partial charge in [-0.2, -0.15) is 13.8 Å².